The number of anilines is 1. The van der Waals surface area contributed by atoms with Gasteiger partial charge in [-0.2, -0.15) is 0 Å². The molecule has 1 aromatic heterocycles. The number of piperidine rings is 1. The van der Waals surface area contributed by atoms with Crippen LogP contribution >= 0.6 is 0 Å². The Bertz CT molecular complexity index is 677. The van der Waals surface area contributed by atoms with Crippen molar-refractivity contribution in [3.05, 3.63) is 30.0 Å². The van der Waals surface area contributed by atoms with Crippen LogP contribution in [0.25, 0.3) is 10.9 Å². The maximum Gasteiger partial charge on any atom is 0.268 e. The number of nitrogens with two attached hydrogens (primary N) is 1. The average Bonchev–Trinajstić information content (AvgIpc) is 2.84. The molecule has 1 atom stereocenters. The fourth-order valence-electron chi connectivity index (χ4n) is 2.42. The van der Waals surface area contributed by atoms with Crippen LogP contribution in [0.2, 0.25) is 0 Å². The van der Waals surface area contributed by atoms with Crippen LogP contribution in [0.15, 0.2) is 24.3 Å². The summed E-state index contributed by atoms with van der Waals surface area (Å²) in [7, 11) is 0. The third-order valence-electron chi connectivity index (χ3n) is 3.48. The molecule has 1 saturated heterocycles. The Morgan fingerprint density at radius 3 is 3.00 bits per heavy atom. The Morgan fingerprint density at radius 2 is 2.20 bits per heavy atom. The van der Waals surface area contributed by atoms with E-state index in [0.29, 0.717) is 24.3 Å². The van der Waals surface area contributed by atoms with Gasteiger partial charge in [-0.05, 0) is 37.1 Å². The van der Waals surface area contributed by atoms with E-state index < -0.39 is 6.04 Å². The summed E-state index contributed by atoms with van der Waals surface area (Å²) in [6.07, 6.45) is 1.55. The molecule has 0 spiro atoms. The van der Waals surface area contributed by atoms with E-state index in [9.17, 15) is 9.59 Å². The predicted octanol–water partition coefficient (Wildman–Crippen LogP) is 0.758. The minimum Gasteiger partial charge on any atom is -0.399 e. The van der Waals surface area contributed by atoms with Gasteiger partial charge in [0.1, 0.15) is 11.7 Å². The van der Waals surface area contributed by atoms with Crippen LogP contribution in [-0.2, 0) is 4.79 Å². The number of benzene rings is 1. The summed E-state index contributed by atoms with van der Waals surface area (Å²) in [4.78, 5) is 26.8. The molecule has 0 saturated carbocycles. The van der Waals surface area contributed by atoms with Crippen molar-refractivity contribution in [2.75, 3.05) is 12.3 Å². The smallest absolute Gasteiger partial charge is 0.268 e. The van der Waals surface area contributed by atoms with Crippen LogP contribution in [0.4, 0.5) is 5.69 Å². The number of nitrogens with one attached hydrogen (secondary N) is 3. The first kappa shape index (κ1) is 12.5. The Kier molecular flexibility index (Phi) is 3.06. The zero-order valence-electron chi connectivity index (χ0n) is 10.9. The number of rotatable bonds is 2. The lowest BCUT2D eigenvalue weighted by Crippen LogP contribution is -2.50. The van der Waals surface area contributed by atoms with E-state index >= 15 is 0 Å². The number of fused-ring (bicyclic) bond motifs is 1. The number of hydrogen-bond acceptors (Lipinski definition) is 3. The van der Waals surface area contributed by atoms with Crippen molar-refractivity contribution in [1.82, 2.24) is 15.6 Å². The van der Waals surface area contributed by atoms with Crippen LogP contribution in [0.5, 0.6) is 0 Å². The van der Waals surface area contributed by atoms with Gasteiger partial charge in [-0.3, -0.25) is 9.59 Å². The second-order valence-electron chi connectivity index (χ2n) is 4.99. The van der Waals surface area contributed by atoms with E-state index in [1.165, 1.54) is 0 Å². The molecule has 2 heterocycles. The standard InChI is InChI=1S/C14H16N4O2/c15-9-3-4-10-8(6-9)7-12(17-10)14(20)18-11-2-1-5-16-13(11)19/h3-4,6-7,11,17H,1-2,5,15H2,(H,16,19)(H,18,20). The number of carbonyl (C=O) groups is 2. The maximum absolute atomic E-state index is 12.2. The largest absolute Gasteiger partial charge is 0.399 e. The monoisotopic (exact) mass is 272 g/mol. The third kappa shape index (κ3) is 2.32. The highest BCUT2D eigenvalue weighted by atomic mass is 16.2. The van der Waals surface area contributed by atoms with Crippen molar-refractivity contribution in [2.24, 2.45) is 0 Å². The maximum atomic E-state index is 12.2. The normalized spacial score (nSPS) is 18.8. The summed E-state index contributed by atoms with van der Waals surface area (Å²) in [6, 6.07) is 6.69. The third-order valence-corrected chi connectivity index (χ3v) is 3.48. The van der Waals surface area contributed by atoms with E-state index in [2.05, 4.69) is 15.6 Å². The number of aromatic nitrogens is 1. The molecule has 1 aliphatic rings. The van der Waals surface area contributed by atoms with Gasteiger partial charge >= 0.3 is 0 Å². The summed E-state index contributed by atoms with van der Waals surface area (Å²) in [5.74, 6) is -0.397. The Balaban J connectivity index is 1.79. The van der Waals surface area contributed by atoms with Crippen molar-refractivity contribution in [2.45, 2.75) is 18.9 Å². The van der Waals surface area contributed by atoms with E-state index in [1.807, 2.05) is 6.07 Å². The van der Waals surface area contributed by atoms with Crippen LogP contribution in [0, 0.1) is 0 Å². The molecule has 1 fully saturated rings. The van der Waals surface area contributed by atoms with E-state index in [-0.39, 0.29) is 11.8 Å². The molecule has 1 aromatic carbocycles. The van der Waals surface area contributed by atoms with Crippen molar-refractivity contribution < 1.29 is 9.59 Å². The van der Waals surface area contributed by atoms with Crippen LogP contribution in [0.1, 0.15) is 23.3 Å². The molecule has 20 heavy (non-hydrogen) atoms. The SMILES string of the molecule is Nc1ccc2[nH]c(C(=O)NC3CCCNC3=O)cc2c1. The van der Waals surface area contributed by atoms with Gasteiger partial charge in [0.2, 0.25) is 5.91 Å². The predicted molar refractivity (Wildman–Crippen MR) is 76.2 cm³/mol. The van der Waals surface area contributed by atoms with Crippen molar-refractivity contribution in [3.63, 3.8) is 0 Å². The van der Waals surface area contributed by atoms with Gasteiger partial charge in [0.05, 0.1) is 0 Å². The molecular formula is C14H16N4O2. The first-order valence-corrected chi connectivity index (χ1v) is 6.60. The fraction of sp³-hybridized carbons (Fsp3) is 0.286. The first-order chi connectivity index (χ1) is 9.63. The van der Waals surface area contributed by atoms with Crippen molar-refractivity contribution >= 4 is 28.4 Å². The molecule has 0 aliphatic carbocycles. The second kappa shape index (κ2) is 4.88. The van der Waals surface area contributed by atoms with Gasteiger partial charge in [0, 0.05) is 23.1 Å². The minimum atomic E-state index is -0.451. The van der Waals surface area contributed by atoms with Crippen LogP contribution in [0.3, 0.4) is 0 Å². The quantitative estimate of drug-likeness (QED) is 0.607. The second-order valence-corrected chi connectivity index (χ2v) is 4.99. The summed E-state index contributed by atoms with van der Waals surface area (Å²) in [5.41, 5.74) is 7.64. The number of nitrogen functional groups attached to an aromatic ring is 1. The molecule has 0 bridgehead atoms. The highest BCUT2D eigenvalue weighted by Crippen LogP contribution is 2.18. The summed E-state index contributed by atoms with van der Waals surface area (Å²) in [6.45, 7) is 0.677. The Morgan fingerprint density at radius 1 is 1.35 bits per heavy atom. The van der Waals surface area contributed by atoms with E-state index in [0.717, 1.165) is 17.3 Å². The zero-order chi connectivity index (χ0) is 14.1. The Labute approximate surface area is 115 Å². The van der Waals surface area contributed by atoms with Crippen LogP contribution < -0.4 is 16.4 Å². The Hall–Kier alpha value is -2.50. The highest BCUT2D eigenvalue weighted by Gasteiger charge is 2.24. The van der Waals surface area contributed by atoms with E-state index in [4.69, 9.17) is 5.73 Å². The van der Waals surface area contributed by atoms with Gasteiger partial charge in [-0.1, -0.05) is 0 Å². The van der Waals surface area contributed by atoms with Gasteiger partial charge in [-0.25, -0.2) is 0 Å². The molecule has 0 radical (unpaired) electrons. The fourth-order valence-corrected chi connectivity index (χ4v) is 2.42. The molecule has 3 rings (SSSR count). The minimum absolute atomic E-state index is 0.120. The molecule has 6 nitrogen and oxygen atoms in total. The molecule has 6 heteroatoms. The molecule has 5 N–H and O–H groups in total. The number of hydrogen-bond donors (Lipinski definition) is 4. The molecule has 1 unspecified atom stereocenters. The molecule has 2 aromatic rings. The highest BCUT2D eigenvalue weighted by molar-refractivity contribution is 6.00. The van der Waals surface area contributed by atoms with Crippen molar-refractivity contribution in [3.8, 4) is 0 Å². The van der Waals surface area contributed by atoms with Gasteiger partial charge in [-0.15, -0.1) is 0 Å². The van der Waals surface area contributed by atoms with Gasteiger partial charge in [0.25, 0.3) is 5.91 Å². The molecule has 2 amide bonds. The van der Waals surface area contributed by atoms with Gasteiger partial charge < -0.3 is 21.4 Å². The lowest BCUT2D eigenvalue weighted by molar-refractivity contribution is -0.124. The average molecular weight is 272 g/mol. The van der Waals surface area contributed by atoms with E-state index in [1.54, 1.807) is 18.2 Å². The lowest BCUT2D eigenvalue weighted by Gasteiger charge is -2.22. The molecular weight excluding hydrogens is 256 g/mol. The summed E-state index contributed by atoms with van der Waals surface area (Å²) >= 11 is 0. The summed E-state index contributed by atoms with van der Waals surface area (Å²) in [5, 5.41) is 6.37. The lowest BCUT2D eigenvalue weighted by atomic mass is 10.1. The first-order valence-electron chi connectivity index (χ1n) is 6.60. The number of carbonyl (C=O) groups excluding carboxylic acids is 2. The number of H-pyrrole nitrogens is 1. The topological polar surface area (TPSA) is 100 Å². The summed E-state index contributed by atoms with van der Waals surface area (Å²) < 4.78 is 0. The zero-order valence-corrected chi connectivity index (χ0v) is 10.9. The molecule has 1 aliphatic heterocycles. The van der Waals surface area contributed by atoms with Crippen molar-refractivity contribution in [1.29, 1.82) is 0 Å². The van der Waals surface area contributed by atoms with Gasteiger partial charge in [0.15, 0.2) is 0 Å². The number of amides is 2. The number of aromatic amines is 1. The van der Waals surface area contributed by atoms with Crippen LogP contribution in [-0.4, -0.2) is 29.4 Å². The molecule has 104 valence electrons.